The van der Waals surface area contributed by atoms with Gasteiger partial charge >= 0.3 is 17.6 Å². The molecule has 10 heteroatoms. The van der Waals surface area contributed by atoms with Crippen LogP contribution in [-0.4, -0.2) is 37.7 Å². The van der Waals surface area contributed by atoms with Gasteiger partial charge in [0.2, 0.25) is 0 Å². The first-order chi connectivity index (χ1) is 13.1. The fourth-order valence-electron chi connectivity index (χ4n) is 2.60. The molecule has 10 nitrogen and oxygen atoms in total. The number of rotatable bonds is 7. The van der Waals surface area contributed by atoms with Crippen LogP contribution >= 0.6 is 0 Å². The molecule has 0 aliphatic rings. The molecule has 2 aromatic rings. The Morgan fingerprint density at radius 2 is 1.86 bits per heavy atom. The molecular formula is C18H26N4O6. The minimum atomic E-state index is -0.677. The minimum Gasteiger partial charge on any atom is -0.469 e. The van der Waals surface area contributed by atoms with E-state index in [-0.39, 0.29) is 36.8 Å². The van der Waals surface area contributed by atoms with Crippen LogP contribution in [-0.2, 0) is 39.4 Å². The van der Waals surface area contributed by atoms with E-state index in [0.717, 1.165) is 4.57 Å². The molecule has 0 saturated heterocycles. The molecule has 0 aliphatic carbocycles. The maximum absolute atomic E-state index is 12.9. The molecule has 0 saturated carbocycles. The van der Waals surface area contributed by atoms with Gasteiger partial charge in [-0.25, -0.2) is 9.78 Å². The topological polar surface area (TPSA) is 114 Å². The summed E-state index contributed by atoms with van der Waals surface area (Å²) in [6.45, 7) is 5.17. The van der Waals surface area contributed by atoms with Crippen LogP contribution in [0.5, 0.6) is 0 Å². The number of hydrogen-bond acceptors (Lipinski definition) is 7. The van der Waals surface area contributed by atoms with Crippen LogP contribution in [0.4, 0.5) is 0 Å². The zero-order chi connectivity index (χ0) is 21.1. The first-order valence-corrected chi connectivity index (χ1v) is 8.96. The minimum absolute atomic E-state index is 0.158. The molecule has 0 unspecified atom stereocenters. The van der Waals surface area contributed by atoms with Crippen molar-refractivity contribution in [1.29, 1.82) is 0 Å². The lowest BCUT2D eigenvalue weighted by atomic mass is 9.98. The molecule has 2 rings (SSSR count). The van der Waals surface area contributed by atoms with Crippen LogP contribution in [0.1, 0.15) is 40.0 Å². The van der Waals surface area contributed by atoms with Crippen molar-refractivity contribution in [3.8, 4) is 0 Å². The van der Waals surface area contributed by atoms with Crippen LogP contribution in [0.25, 0.3) is 11.2 Å². The number of aromatic nitrogens is 4. The molecule has 0 N–H and O–H groups in total. The molecular weight excluding hydrogens is 368 g/mol. The van der Waals surface area contributed by atoms with Crippen molar-refractivity contribution in [1.82, 2.24) is 18.7 Å². The maximum atomic E-state index is 12.9. The quantitative estimate of drug-likeness (QED) is 0.504. The number of hydrogen-bond donors (Lipinski definition) is 0. The van der Waals surface area contributed by atoms with Gasteiger partial charge in [0, 0.05) is 20.0 Å². The Bertz CT molecular complexity index is 992. The zero-order valence-corrected chi connectivity index (χ0v) is 16.9. The normalized spacial score (nSPS) is 11.6. The van der Waals surface area contributed by atoms with Crippen molar-refractivity contribution in [2.24, 2.45) is 12.5 Å². The van der Waals surface area contributed by atoms with Crippen molar-refractivity contribution < 1.29 is 19.1 Å². The first-order valence-electron chi connectivity index (χ1n) is 8.96. The number of imidazole rings is 1. The van der Waals surface area contributed by atoms with Gasteiger partial charge in [0.25, 0.3) is 5.56 Å². The molecule has 0 radical (unpaired) electrons. The largest absolute Gasteiger partial charge is 0.469 e. The number of fused-ring (bicyclic) bond motifs is 1. The van der Waals surface area contributed by atoms with Crippen molar-refractivity contribution in [2.75, 3.05) is 7.11 Å². The number of ether oxygens (including phenoxy) is 2. The van der Waals surface area contributed by atoms with E-state index in [1.165, 1.54) is 29.6 Å². The summed E-state index contributed by atoms with van der Waals surface area (Å²) in [5.74, 6) is -0.753. The molecule has 0 bridgehead atoms. The number of unbranched alkanes of at least 4 members (excludes halogenated alkanes) is 1. The van der Waals surface area contributed by atoms with Gasteiger partial charge < -0.3 is 9.47 Å². The predicted molar refractivity (Wildman–Crippen MR) is 101 cm³/mol. The molecule has 154 valence electrons. The third-order valence-corrected chi connectivity index (χ3v) is 4.29. The highest BCUT2D eigenvalue weighted by atomic mass is 16.5. The van der Waals surface area contributed by atoms with E-state index in [2.05, 4.69) is 9.72 Å². The summed E-state index contributed by atoms with van der Waals surface area (Å²) in [4.78, 5) is 52.6. The molecule has 0 aliphatic heterocycles. The maximum Gasteiger partial charge on any atom is 0.332 e. The molecule has 0 spiro atoms. The van der Waals surface area contributed by atoms with Crippen molar-refractivity contribution in [3.63, 3.8) is 0 Å². The fourth-order valence-corrected chi connectivity index (χ4v) is 2.60. The van der Waals surface area contributed by atoms with Crippen LogP contribution in [0, 0.1) is 5.41 Å². The summed E-state index contributed by atoms with van der Waals surface area (Å²) >= 11 is 0. The lowest BCUT2D eigenvalue weighted by Gasteiger charge is -2.17. The summed E-state index contributed by atoms with van der Waals surface area (Å²) in [6.07, 6.45) is 2.53. The average molecular weight is 394 g/mol. The highest BCUT2D eigenvalue weighted by Gasteiger charge is 2.24. The Balaban J connectivity index is 2.29. The first kappa shape index (κ1) is 21.4. The summed E-state index contributed by atoms with van der Waals surface area (Å²) < 4.78 is 13.6. The number of nitrogens with zero attached hydrogens (tertiary/aromatic N) is 4. The second kappa shape index (κ2) is 8.41. The van der Waals surface area contributed by atoms with Crippen LogP contribution in [0.3, 0.4) is 0 Å². The number of aryl methyl sites for hydroxylation is 1. The van der Waals surface area contributed by atoms with E-state index in [1.54, 1.807) is 20.8 Å². The van der Waals surface area contributed by atoms with Gasteiger partial charge in [-0.1, -0.05) is 0 Å². The second-order valence-corrected chi connectivity index (χ2v) is 7.53. The van der Waals surface area contributed by atoms with Crippen LogP contribution < -0.4 is 11.2 Å². The SMILES string of the molecule is COC(=O)CCCCn1c(=O)c2c(ncn2COC(=O)C(C)(C)C)n(C)c1=O. The average Bonchev–Trinajstić information content (AvgIpc) is 3.06. The molecule has 2 aromatic heterocycles. The number of methoxy groups -OCH3 is 1. The number of esters is 2. The Kier molecular flexibility index (Phi) is 6.42. The van der Waals surface area contributed by atoms with E-state index >= 15 is 0 Å². The molecule has 0 amide bonds. The van der Waals surface area contributed by atoms with E-state index in [9.17, 15) is 19.2 Å². The van der Waals surface area contributed by atoms with Gasteiger partial charge in [-0.3, -0.25) is 28.1 Å². The third-order valence-electron chi connectivity index (χ3n) is 4.29. The van der Waals surface area contributed by atoms with Gasteiger partial charge in [0.1, 0.15) is 6.33 Å². The van der Waals surface area contributed by atoms with Crippen molar-refractivity contribution in [3.05, 3.63) is 27.2 Å². The third kappa shape index (κ3) is 4.49. The Morgan fingerprint density at radius 1 is 1.18 bits per heavy atom. The van der Waals surface area contributed by atoms with Gasteiger partial charge in [0.15, 0.2) is 17.9 Å². The second-order valence-electron chi connectivity index (χ2n) is 7.53. The Morgan fingerprint density at radius 3 is 2.46 bits per heavy atom. The van der Waals surface area contributed by atoms with Gasteiger partial charge in [0.05, 0.1) is 12.5 Å². The fraction of sp³-hybridized carbons (Fsp3) is 0.611. The van der Waals surface area contributed by atoms with E-state index < -0.39 is 22.6 Å². The Hall–Kier alpha value is -2.91. The monoisotopic (exact) mass is 394 g/mol. The summed E-state index contributed by atoms with van der Waals surface area (Å²) in [5, 5.41) is 0. The Labute approximate surface area is 161 Å². The van der Waals surface area contributed by atoms with Gasteiger partial charge in [-0.2, -0.15) is 0 Å². The van der Waals surface area contributed by atoms with E-state index in [4.69, 9.17) is 4.74 Å². The molecule has 28 heavy (non-hydrogen) atoms. The van der Waals surface area contributed by atoms with E-state index in [1.807, 2.05) is 0 Å². The predicted octanol–water partition coefficient (Wildman–Crippen LogP) is 0.787. The summed E-state index contributed by atoms with van der Waals surface area (Å²) in [6, 6.07) is 0. The summed E-state index contributed by atoms with van der Waals surface area (Å²) in [7, 11) is 2.83. The summed E-state index contributed by atoms with van der Waals surface area (Å²) in [5.41, 5.74) is -1.29. The lowest BCUT2D eigenvalue weighted by Crippen LogP contribution is -2.39. The molecule has 0 atom stereocenters. The van der Waals surface area contributed by atoms with Crippen molar-refractivity contribution >= 4 is 23.1 Å². The van der Waals surface area contributed by atoms with Crippen molar-refractivity contribution in [2.45, 2.75) is 53.3 Å². The standard InChI is InChI=1S/C18H26N4O6/c1-18(2,3)16(25)28-11-21-10-19-14-13(21)15(24)22(17(26)20(14)4)9-7-6-8-12(23)27-5/h10H,6-9,11H2,1-5H3. The van der Waals surface area contributed by atoms with Gasteiger partial charge in [-0.15, -0.1) is 0 Å². The number of carbonyl (C=O) groups is 2. The smallest absolute Gasteiger partial charge is 0.332 e. The van der Waals surface area contributed by atoms with Crippen LogP contribution in [0.15, 0.2) is 15.9 Å². The molecule has 0 aromatic carbocycles. The van der Waals surface area contributed by atoms with Crippen LogP contribution in [0.2, 0.25) is 0 Å². The highest BCUT2D eigenvalue weighted by molar-refractivity contribution is 5.75. The number of carbonyl (C=O) groups excluding carboxylic acids is 2. The van der Waals surface area contributed by atoms with E-state index in [0.29, 0.717) is 12.8 Å². The van der Waals surface area contributed by atoms with Gasteiger partial charge in [-0.05, 0) is 33.6 Å². The zero-order valence-electron chi connectivity index (χ0n) is 16.9. The molecule has 2 heterocycles. The highest BCUT2D eigenvalue weighted by Crippen LogP contribution is 2.16. The lowest BCUT2D eigenvalue weighted by molar-refractivity contribution is -0.156. The molecule has 0 fully saturated rings.